The number of carboxylic acids is 1. The van der Waals surface area contributed by atoms with Gasteiger partial charge in [0, 0.05) is 17.5 Å². The second-order valence-electron chi connectivity index (χ2n) is 9.10. The van der Waals surface area contributed by atoms with Gasteiger partial charge in [0.05, 0.1) is 36.3 Å². The number of aliphatic carboxylic acids is 1. The zero-order valence-corrected chi connectivity index (χ0v) is 19.8. The van der Waals surface area contributed by atoms with Crippen LogP contribution in [0, 0.1) is 17.8 Å². The molecule has 3 saturated heterocycles. The highest BCUT2D eigenvalue weighted by Gasteiger charge is 2.76. The van der Waals surface area contributed by atoms with Crippen LogP contribution in [0.15, 0.2) is 36.9 Å². The van der Waals surface area contributed by atoms with E-state index in [0.29, 0.717) is 17.9 Å². The molecule has 1 aromatic carbocycles. The number of amides is 2. The maximum atomic E-state index is 14.2. The molecule has 178 valence electrons. The predicted molar refractivity (Wildman–Crippen MR) is 125 cm³/mol. The van der Waals surface area contributed by atoms with E-state index in [-0.39, 0.29) is 36.1 Å². The van der Waals surface area contributed by atoms with Gasteiger partial charge < -0.3 is 24.7 Å². The van der Waals surface area contributed by atoms with Crippen molar-refractivity contribution in [1.82, 2.24) is 4.90 Å². The van der Waals surface area contributed by atoms with Gasteiger partial charge in [0.1, 0.15) is 11.8 Å². The molecular formula is C24H30N2O6S. The average Bonchev–Trinajstić information content (AvgIpc) is 3.40. The fourth-order valence-electron chi connectivity index (χ4n) is 5.94. The van der Waals surface area contributed by atoms with Gasteiger partial charge in [-0.2, -0.15) is 0 Å². The first-order valence-corrected chi connectivity index (χ1v) is 12.0. The summed E-state index contributed by atoms with van der Waals surface area (Å²) in [5.41, 5.74) is 0.629. The number of thioether (sulfide) groups is 1. The first kappa shape index (κ1) is 23.6. The summed E-state index contributed by atoms with van der Waals surface area (Å²) in [6.45, 7) is 7.40. The molecule has 3 heterocycles. The number of aliphatic hydroxyl groups excluding tert-OH is 1. The highest BCUT2D eigenvalue weighted by Crippen LogP contribution is 2.68. The minimum absolute atomic E-state index is 0.0247. The number of aliphatic hydroxyl groups is 1. The van der Waals surface area contributed by atoms with Crippen molar-refractivity contribution in [2.75, 3.05) is 25.2 Å². The van der Waals surface area contributed by atoms with Gasteiger partial charge in [-0.15, -0.1) is 18.3 Å². The second kappa shape index (κ2) is 8.68. The van der Waals surface area contributed by atoms with E-state index in [1.54, 1.807) is 49.3 Å². The normalized spacial score (nSPS) is 33.0. The van der Waals surface area contributed by atoms with Crippen molar-refractivity contribution in [3.05, 3.63) is 36.9 Å². The van der Waals surface area contributed by atoms with Crippen LogP contribution in [0.1, 0.15) is 20.3 Å². The minimum Gasteiger partial charge on any atom is -0.497 e. The van der Waals surface area contributed by atoms with Crippen LogP contribution in [0.25, 0.3) is 0 Å². The standard InChI is InChI=1S/C24H30N2O6S/c1-5-10-25(15-6-8-16(32-4)9-7-15)22(29)20-24-13(2)11-17(33-24)18(23(30)31)19(24)21(28)26(20)14(3)12-27/h5-9,13-14,17-20,27H,1,10-12H2,2-4H3,(H,30,31)/t13?,14-,17+,18-,19+,20?,24?/m1/s1. The van der Waals surface area contributed by atoms with Crippen LogP contribution in [0.5, 0.6) is 5.75 Å². The number of nitrogens with zero attached hydrogens (tertiary/aromatic N) is 2. The number of likely N-dealkylation sites (tertiary alicyclic amines) is 1. The predicted octanol–water partition coefficient (Wildman–Crippen LogP) is 2.02. The van der Waals surface area contributed by atoms with E-state index in [1.165, 1.54) is 16.7 Å². The Kier molecular flexibility index (Phi) is 6.22. The maximum Gasteiger partial charge on any atom is 0.308 e. The van der Waals surface area contributed by atoms with Crippen molar-refractivity contribution in [3.8, 4) is 5.75 Å². The molecule has 2 amide bonds. The summed E-state index contributed by atoms with van der Waals surface area (Å²) >= 11 is 1.48. The van der Waals surface area contributed by atoms with Gasteiger partial charge in [-0.25, -0.2) is 0 Å². The number of ether oxygens (including phenoxy) is 1. The van der Waals surface area contributed by atoms with E-state index in [0.717, 1.165) is 0 Å². The number of carboxylic acid groups (broad SMARTS) is 1. The molecule has 33 heavy (non-hydrogen) atoms. The lowest BCUT2D eigenvalue weighted by atomic mass is 9.66. The van der Waals surface area contributed by atoms with Crippen molar-refractivity contribution in [2.24, 2.45) is 17.8 Å². The molecular weight excluding hydrogens is 444 g/mol. The number of carbonyl (C=O) groups is 3. The zero-order valence-electron chi connectivity index (χ0n) is 19.0. The molecule has 3 aliphatic rings. The van der Waals surface area contributed by atoms with Gasteiger partial charge in [0.2, 0.25) is 5.91 Å². The fourth-order valence-corrected chi connectivity index (χ4v) is 8.34. The van der Waals surface area contributed by atoms with E-state index in [1.807, 2.05) is 6.92 Å². The number of hydrogen-bond acceptors (Lipinski definition) is 6. The number of hydrogen-bond donors (Lipinski definition) is 2. The Hall–Kier alpha value is -2.52. The molecule has 4 rings (SSSR count). The van der Waals surface area contributed by atoms with Gasteiger partial charge in [-0.3, -0.25) is 14.4 Å². The highest BCUT2D eigenvalue weighted by molar-refractivity contribution is 8.02. The summed E-state index contributed by atoms with van der Waals surface area (Å²) in [6.07, 6.45) is 2.26. The Morgan fingerprint density at radius 1 is 1.39 bits per heavy atom. The molecule has 1 spiro atoms. The van der Waals surface area contributed by atoms with Crippen molar-refractivity contribution in [3.63, 3.8) is 0 Å². The Bertz CT molecular complexity index is 968. The fraction of sp³-hybridized carbons (Fsp3) is 0.542. The first-order chi connectivity index (χ1) is 15.7. The lowest BCUT2D eigenvalue weighted by molar-refractivity contribution is -0.149. The Morgan fingerprint density at radius 2 is 2.06 bits per heavy atom. The van der Waals surface area contributed by atoms with Crippen molar-refractivity contribution < 1.29 is 29.3 Å². The number of benzene rings is 1. The zero-order chi connectivity index (χ0) is 24.1. The lowest BCUT2D eigenvalue weighted by Gasteiger charge is -2.41. The first-order valence-electron chi connectivity index (χ1n) is 11.1. The number of fused-ring (bicyclic) bond motifs is 1. The van der Waals surface area contributed by atoms with Gasteiger partial charge in [0.25, 0.3) is 5.91 Å². The average molecular weight is 475 g/mol. The summed E-state index contributed by atoms with van der Waals surface area (Å²) in [4.78, 5) is 43.1. The van der Waals surface area contributed by atoms with E-state index in [2.05, 4.69) is 6.58 Å². The third kappa shape index (κ3) is 3.35. The third-order valence-corrected chi connectivity index (χ3v) is 9.48. The summed E-state index contributed by atoms with van der Waals surface area (Å²) in [5.74, 6) is -2.64. The molecule has 0 saturated carbocycles. The molecule has 0 aromatic heterocycles. The molecule has 1 aromatic rings. The Labute approximate surface area is 197 Å². The van der Waals surface area contributed by atoms with Crippen LogP contribution >= 0.6 is 11.8 Å². The van der Waals surface area contributed by atoms with E-state index >= 15 is 0 Å². The highest BCUT2D eigenvalue weighted by atomic mass is 32.2. The minimum atomic E-state index is -0.998. The van der Waals surface area contributed by atoms with Crippen LogP contribution in [0.4, 0.5) is 5.69 Å². The molecule has 0 radical (unpaired) electrons. The van der Waals surface area contributed by atoms with Gasteiger partial charge in [0.15, 0.2) is 0 Å². The quantitative estimate of drug-likeness (QED) is 0.555. The Morgan fingerprint density at radius 3 is 2.61 bits per heavy atom. The van der Waals surface area contributed by atoms with Crippen molar-refractivity contribution in [1.29, 1.82) is 0 Å². The smallest absolute Gasteiger partial charge is 0.308 e. The Balaban J connectivity index is 1.82. The maximum absolute atomic E-state index is 14.2. The topological polar surface area (TPSA) is 107 Å². The summed E-state index contributed by atoms with van der Waals surface area (Å²) in [5, 5.41) is 19.7. The molecule has 3 unspecified atom stereocenters. The molecule has 7 atom stereocenters. The molecule has 3 aliphatic heterocycles. The molecule has 9 heteroatoms. The summed E-state index contributed by atoms with van der Waals surface area (Å²) in [6, 6.07) is 5.56. The van der Waals surface area contributed by atoms with E-state index in [9.17, 15) is 24.6 Å². The van der Waals surface area contributed by atoms with Crippen molar-refractivity contribution in [2.45, 2.75) is 42.3 Å². The van der Waals surface area contributed by atoms with Crippen LogP contribution in [0.3, 0.4) is 0 Å². The van der Waals surface area contributed by atoms with E-state index < -0.39 is 34.6 Å². The molecule has 2 N–H and O–H groups in total. The van der Waals surface area contributed by atoms with Gasteiger partial charge in [-0.05, 0) is 43.5 Å². The van der Waals surface area contributed by atoms with Crippen LogP contribution < -0.4 is 9.64 Å². The second-order valence-corrected chi connectivity index (χ2v) is 10.7. The number of rotatable bonds is 8. The van der Waals surface area contributed by atoms with Crippen LogP contribution in [-0.4, -0.2) is 75.2 Å². The molecule has 2 bridgehead atoms. The van der Waals surface area contributed by atoms with E-state index in [4.69, 9.17) is 4.74 Å². The number of methoxy groups -OCH3 is 1. The number of carbonyl (C=O) groups excluding carboxylic acids is 2. The summed E-state index contributed by atoms with van der Waals surface area (Å²) < 4.78 is 4.38. The van der Waals surface area contributed by atoms with Crippen LogP contribution in [0.2, 0.25) is 0 Å². The van der Waals surface area contributed by atoms with Crippen molar-refractivity contribution >= 4 is 35.2 Å². The molecule has 8 nitrogen and oxygen atoms in total. The summed E-state index contributed by atoms with van der Waals surface area (Å²) in [7, 11) is 1.56. The lowest BCUT2D eigenvalue weighted by Crippen LogP contribution is -2.59. The molecule has 3 fully saturated rings. The monoisotopic (exact) mass is 474 g/mol. The molecule has 0 aliphatic carbocycles. The SMILES string of the molecule is C=CCN(C(=O)C1N([C@H](C)CO)C(=O)[C@@H]2[C@H](C(=O)O)[C@@H]3CC(C)C12S3)c1ccc(OC)cc1. The van der Waals surface area contributed by atoms with Gasteiger partial charge >= 0.3 is 5.97 Å². The van der Waals surface area contributed by atoms with Gasteiger partial charge in [-0.1, -0.05) is 13.0 Å². The number of anilines is 1. The largest absolute Gasteiger partial charge is 0.497 e. The van der Waals surface area contributed by atoms with Crippen LogP contribution in [-0.2, 0) is 14.4 Å². The third-order valence-electron chi connectivity index (χ3n) is 7.40.